The van der Waals surface area contributed by atoms with Gasteiger partial charge in [-0.1, -0.05) is 48.5 Å². The lowest BCUT2D eigenvalue weighted by atomic mass is 9.98. The first-order valence-corrected chi connectivity index (χ1v) is 11.7. The highest BCUT2D eigenvalue weighted by molar-refractivity contribution is 6.14. The maximum Gasteiger partial charge on any atom is 0.200 e. The number of benzene rings is 4. The number of fused-ring (bicyclic) bond motifs is 2. The fourth-order valence-electron chi connectivity index (χ4n) is 5.26. The number of phenols is 4. The molecule has 0 aliphatic carbocycles. The normalized spacial score (nSPS) is 14.1. The van der Waals surface area contributed by atoms with E-state index in [2.05, 4.69) is 0 Å². The van der Waals surface area contributed by atoms with Crippen LogP contribution < -0.4 is 9.80 Å². The van der Waals surface area contributed by atoms with Crippen molar-refractivity contribution < 1.29 is 25.2 Å². The van der Waals surface area contributed by atoms with Gasteiger partial charge in [-0.25, -0.2) is 0 Å². The van der Waals surface area contributed by atoms with Crippen molar-refractivity contribution in [2.45, 2.75) is 26.2 Å². The van der Waals surface area contributed by atoms with Crippen LogP contribution in [0.4, 0.5) is 11.4 Å². The van der Waals surface area contributed by atoms with Gasteiger partial charge in [-0.3, -0.25) is 4.79 Å². The van der Waals surface area contributed by atoms with Crippen molar-refractivity contribution in [2.24, 2.45) is 0 Å². The smallest absolute Gasteiger partial charge is 0.200 e. The zero-order chi connectivity index (χ0) is 25.0. The van der Waals surface area contributed by atoms with Gasteiger partial charge >= 0.3 is 0 Å². The molecule has 0 saturated heterocycles. The first-order valence-electron chi connectivity index (χ1n) is 11.7. The van der Waals surface area contributed by atoms with E-state index in [1.165, 1.54) is 24.3 Å². The Morgan fingerprint density at radius 3 is 1.19 bits per heavy atom. The highest BCUT2D eigenvalue weighted by Crippen LogP contribution is 2.46. The second-order valence-corrected chi connectivity index (χ2v) is 9.24. The van der Waals surface area contributed by atoms with Crippen LogP contribution in [0.5, 0.6) is 23.0 Å². The molecule has 0 amide bonds. The first kappa shape index (κ1) is 21.9. The summed E-state index contributed by atoms with van der Waals surface area (Å²) in [4.78, 5) is 17.2. The molecule has 4 aromatic carbocycles. The van der Waals surface area contributed by atoms with Crippen molar-refractivity contribution in [3.63, 3.8) is 0 Å². The maximum atomic E-state index is 13.6. The van der Waals surface area contributed by atoms with Crippen LogP contribution in [0.15, 0.2) is 72.8 Å². The number of ketones is 1. The number of rotatable bonds is 4. The molecule has 0 aromatic heterocycles. The predicted octanol–water partition coefficient (Wildman–Crippen LogP) is 4.78. The van der Waals surface area contributed by atoms with E-state index in [-0.39, 0.29) is 45.5 Å². The van der Waals surface area contributed by atoms with E-state index >= 15 is 0 Å². The molecule has 0 saturated carbocycles. The number of anilines is 2. The fourth-order valence-corrected chi connectivity index (χ4v) is 5.26. The number of carbonyl (C=O) groups excluding carboxylic acids is 1. The van der Waals surface area contributed by atoms with Gasteiger partial charge in [0, 0.05) is 26.2 Å². The molecule has 0 radical (unpaired) electrons. The van der Waals surface area contributed by atoms with Crippen LogP contribution in [0, 0.1) is 0 Å². The summed E-state index contributed by atoms with van der Waals surface area (Å²) < 4.78 is 0. The van der Waals surface area contributed by atoms with Crippen LogP contribution >= 0.6 is 0 Å². The van der Waals surface area contributed by atoms with Crippen LogP contribution in [0.3, 0.4) is 0 Å². The highest BCUT2D eigenvalue weighted by atomic mass is 16.3. The molecular formula is C29H24N2O5. The maximum absolute atomic E-state index is 13.6. The number of phenolic OH excluding ortho intramolecular Hbond substituents is 4. The molecule has 2 aliphatic heterocycles. The Kier molecular flexibility index (Phi) is 5.00. The van der Waals surface area contributed by atoms with E-state index in [0.29, 0.717) is 26.2 Å². The molecule has 7 nitrogen and oxygen atoms in total. The molecule has 0 atom stereocenters. The van der Waals surface area contributed by atoms with Gasteiger partial charge in [-0.2, -0.15) is 0 Å². The predicted molar refractivity (Wildman–Crippen MR) is 136 cm³/mol. The summed E-state index contributed by atoms with van der Waals surface area (Å²) in [5.74, 6) is -1.59. The molecular weight excluding hydrogens is 456 g/mol. The van der Waals surface area contributed by atoms with E-state index in [4.69, 9.17) is 0 Å². The van der Waals surface area contributed by atoms with E-state index in [0.717, 1.165) is 22.3 Å². The average Bonchev–Trinajstić information content (AvgIpc) is 3.48. The third-order valence-electron chi connectivity index (χ3n) is 7.06. The third kappa shape index (κ3) is 3.40. The SMILES string of the molecule is O=C(c1ccc(O)c(N2Cc3ccccc3C2)c1O)c1ccc(O)c(N2Cc3ccccc3C2)c1O. The fraction of sp³-hybridized carbons (Fsp3) is 0.138. The molecule has 6 rings (SSSR count). The summed E-state index contributed by atoms with van der Waals surface area (Å²) in [7, 11) is 0. The lowest BCUT2D eigenvalue weighted by molar-refractivity contribution is 0.103. The van der Waals surface area contributed by atoms with Gasteiger partial charge in [-0.15, -0.1) is 0 Å². The van der Waals surface area contributed by atoms with Crippen molar-refractivity contribution >= 4 is 17.2 Å². The number of nitrogens with zero attached hydrogens (tertiary/aromatic N) is 2. The van der Waals surface area contributed by atoms with Crippen molar-refractivity contribution in [1.82, 2.24) is 0 Å². The first-order chi connectivity index (χ1) is 17.4. The quantitative estimate of drug-likeness (QED) is 0.312. The Hall–Kier alpha value is -4.65. The lowest BCUT2D eigenvalue weighted by Crippen LogP contribution is -2.17. The Morgan fingerprint density at radius 2 is 0.861 bits per heavy atom. The topological polar surface area (TPSA) is 104 Å². The molecule has 2 heterocycles. The van der Waals surface area contributed by atoms with Gasteiger partial charge < -0.3 is 30.2 Å². The summed E-state index contributed by atoms with van der Waals surface area (Å²) in [5, 5.41) is 43.4. The summed E-state index contributed by atoms with van der Waals surface area (Å²) >= 11 is 0. The standard InChI is InChI=1S/C29H24N2O5/c32-23-11-9-21(28(35)25(23)30-13-17-5-1-2-6-18(17)14-30)27(34)22-10-12-24(33)26(29(22)36)31-15-19-7-3-4-8-20(19)16-31/h1-12,32-33,35-36H,13-16H2. The Bertz CT molecular complexity index is 1370. The molecule has 4 N–H and O–H groups in total. The van der Waals surface area contributed by atoms with E-state index in [1.807, 2.05) is 58.3 Å². The van der Waals surface area contributed by atoms with Gasteiger partial charge in [0.15, 0.2) is 11.5 Å². The molecule has 0 unspecified atom stereocenters. The van der Waals surface area contributed by atoms with Crippen LogP contribution in [0.2, 0.25) is 0 Å². The Morgan fingerprint density at radius 1 is 0.528 bits per heavy atom. The van der Waals surface area contributed by atoms with Crippen LogP contribution in [-0.2, 0) is 26.2 Å². The molecule has 2 aliphatic rings. The molecule has 7 heteroatoms. The van der Waals surface area contributed by atoms with E-state index in [9.17, 15) is 25.2 Å². The monoisotopic (exact) mass is 480 g/mol. The summed E-state index contributed by atoms with van der Waals surface area (Å²) in [5.41, 5.74) is 4.59. The Balaban J connectivity index is 1.36. The van der Waals surface area contributed by atoms with Gasteiger partial charge in [0.05, 0.1) is 11.1 Å². The second kappa shape index (κ2) is 8.23. The van der Waals surface area contributed by atoms with Gasteiger partial charge in [0.1, 0.15) is 22.9 Å². The number of carbonyl (C=O) groups is 1. The molecule has 180 valence electrons. The van der Waals surface area contributed by atoms with E-state index < -0.39 is 5.78 Å². The Labute approximate surface area is 207 Å². The van der Waals surface area contributed by atoms with E-state index in [1.54, 1.807) is 0 Å². The van der Waals surface area contributed by atoms with Gasteiger partial charge in [0.2, 0.25) is 5.78 Å². The number of aromatic hydroxyl groups is 4. The average molecular weight is 481 g/mol. The second-order valence-electron chi connectivity index (χ2n) is 9.24. The third-order valence-corrected chi connectivity index (χ3v) is 7.06. The zero-order valence-electron chi connectivity index (χ0n) is 19.3. The van der Waals surface area contributed by atoms with Crippen molar-refractivity contribution in [2.75, 3.05) is 9.80 Å². The van der Waals surface area contributed by atoms with Crippen LogP contribution in [-0.4, -0.2) is 26.2 Å². The molecule has 4 aromatic rings. The molecule has 0 bridgehead atoms. The van der Waals surface area contributed by atoms with Crippen LogP contribution in [0.25, 0.3) is 0 Å². The van der Waals surface area contributed by atoms with Crippen molar-refractivity contribution in [3.8, 4) is 23.0 Å². The minimum absolute atomic E-state index is 0.0459. The number of hydrogen-bond donors (Lipinski definition) is 4. The van der Waals surface area contributed by atoms with Crippen molar-refractivity contribution in [1.29, 1.82) is 0 Å². The molecule has 36 heavy (non-hydrogen) atoms. The van der Waals surface area contributed by atoms with Crippen LogP contribution in [0.1, 0.15) is 38.2 Å². The highest BCUT2D eigenvalue weighted by Gasteiger charge is 2.30. The summed E-state index contributed by atoms with van der Waals surface area (Å²) in [6, 6.07) is 21.2. The van der Waals surface area contributed by atoms with Gasteiger partial charge in [-0.05, 0) is 46.5 Å². The summed E-state index contributed by atoms with van der Waals surface area (Å²) in [6.45, 7) is 1.94. The minimum atomic E-state index is -0.610. The van der Waals surface area contributed by atoms with Gasteiger partial charge in [0.25, 0.3) is 0 Å². The minimum Gasteiger partial charge on any atom is -0.506 e. The number of hydrogen-bond acceptors (Lipinski definition) is 7. The lowest BCUT2D eigenvalue weighted by Gasteiger charge is -2.23. The zero-order valence-corrected chi connectivity index (χ0v) is 19.3. The largest absolute Gasteiger partial charge is 0.506 e. The molecule has 0 fully saturated rings. The molecule has 0 spiro atoms. The summed E-state index contributed by atoms with van der Waals surface area (Å²) in [6.07, 6.45) is 0. The van der Waals surface area contributed by atoms with Crippen molar-refractivity contribution in [3.05, 3.63) is 106 Å².